The summed E-state index contributed by atoms with van der Waals surface area (Å²) in [5, 5.41) is 8.44. The van der Waals surface area contributed by atoms with Gasteiger partial charge in [0.1, 0.15) is 11.5 Å². The predicted molar refractivity (Wildman–Crippen MR) is 136 cm³/mol. The van der Waals surface area contributed by atoms with Crippen LogP contribution in [0, 0.1) is 5.82 Å². The van der Waals surface area contributed by atoms with Gasteiger partial charge in [-0.05, 0) is 53.6 Å². The molecule has 4 heterocycles. The van der Waals surface area contributed by atoms with Crippen molar-refractivity contribution in [3.05, 3.63) is 120 Å². The third-order valence-electron chi connectivity index (χ3n) is 6.07. The van der Waals surface area contributed by atoms with E-state index in [1.807, 2.05) is 24.3 Å². The Morgan fingerprint density at radius 1 is 0.892 bits per heavy atom. The first-order valence-electron chi connectivity index (χ1n) is 11.6. The van der Waals surface area contributed by atoms with Crippen LogP contribution in [-0.2, 0) is 13.0 Å². The second-order valence-electron chi connectivity index (χ2n) is 8.54. The van der Waals surface area contributed by atoms with Crippen molar-refractivity contribution in [2.45, 2.75) is 13.0 Å². The number of nitrogens with one attached hydrogen (secondary N) is 1. The van der Waals surface area contributed by atoms with Gasteiger partial charge in [-0.25, -0.2) is 18.9 Å². The van der Waals surface area contributed by atoms with Gasteiger partial charge < -0.3 is 5.32 Å². The molecule has 0 radical (unpaired) electrons. The molecule has 4 aromatic heterocycles. The first-order valence-corrected chi connectivity index (χ1v) is 11.6. The summed E-state index contributed by atoms with van der Waals surface area (Å²) in [6.07, 6.45) is 8.93. The molecule has 0 saturated carbocycles. The lowest BCUT2D eigenvalue weighted by atomic mass is 10.1. The van der Waals surface area contributed by atoms with Crippen LogP contribution in [0.15, 0.2) is 91.6 Å². The second-order valence-corrected chi connectivity index (χ2v) is 8.54. The molecule has 1 N–H and O–H groups in total. The van der Waals surface area contributed by atoms with Gasteiger partial charge in [0.2, 0.25) is 0 Å². The summed E-state index contributed by atoms with van der Waals surface area (Å²) in [5.74, 6) is -0.680. The van der Waals surface area contributed by atoms with E-state index in [0.717, 1.165) is 27.7 Å². The fourth-order valence-corrected chi connectivity index (χ4v) is 4.15. The van der Waals surface area contributed by atoms with E-state index in [-0.39, 0.29) is 12.1 Å². The second kappa shape index (κ2) is 9.54. The van der Waals surface area contributed by atoms with Gasteiger partial charge in [0.05, 0.1) is 29.2 Å². The SMILES string of the molecule is O=C(NCc1ccncc1)c1ccc(-c2cnc3ncc(Cc4ccc5ncccc5c4)n3n2)cc1F. The number of carbonyl (C=O) groups is 1. The molecule has 1 amide bonds. The van der Waals surface area contributed by atoms with Gasteiger partial charge in [0.15, 0.2) is 0 Å². The summed E-state index contributed by atoms with van der Waals surface area (Å²) < 4.78 is 16.6. The van der Waals surface area contributed by atoms with Crippen molar-refractivity contribution < 1.29 is 9.18 Å². The summed E-state index contributed by atoms with van der Waals surface area (Å²) in [6, 6.07) is 18.0. The summed E-state index contributed by atoms with van der Waals surface area (Å²) >= 11 is 0. The van der Waals surface area contributed by atoms with Gasteiger partial charge in [-0.3, -0.25) is 14.8 Å². The lowest BCUT2D eigenvalue weighted by Gasteiger charge is -2.08. The average molecular weight is 490 g/mol. The Labute approximate surface area is 210 Å². The predicted octanol–water partition coefficient (Wildman–Crippen LogP) is 4.39. The van der Waals surface area contributed by atoms with Crippen LogP contribution in [0.25, 0.3) is 27.9 Å². The molecular weight excluding hydrogens is 469 g/mol. The van der Waals surface area contributed by atoms with Crippen molar-refractivity contribution in [1.29, 1.82) is 0 Å². The molecule has 9 heteroatoms. The molecule has 6 rings (SSSR count). The highest BCUT2D eigenvalue weighted by Gasteiger charge is 2.15. The van der Waals surface area contributed by atoms with Crippen LogP contribution in [0.5, 0.6) is 0 Å². The Bertz CT molecular complexity index is 1750. The molecule has 0 saturated heterocycles. The minimum absolute atomic E-state index is 0.0408. The van der Waals surface area contributed by atoms with Crippen molar-refractivity contribution in [2.24, 2.45) is 0 Å². The molecule has 180 valence electrons. The van der Waals surface area contributed by atoms with E-state index in [4.69, 9.17) is 0 Å². The topological polar surface area (TPSA) is 98.0 Å². The monoisotopic (exact) mass is 489 g/mol. The van der Waals surface area contributed by atoms with Crippen LogP contribution in [0.3, 0.4) is 0 Å². The molecular formula is C28H20FN7O. The number of benzene rings is 2. The number of hydrogen-bond donors (Lipinski definition) is 1. The van der Waals surface area contributed by atoms with Crippen molar-refractivity contribution in [2.75, 3.05) is 0 Å². The van der Waals surface area contributed by atoms with E-state index in [2.05, 4.69) is 36.4 Å². The van der Waals surface area contributed by atoms with Crippen molar-refractivity contribution >= 4 is 22.6 Å². The number of amides is 1. The number of pyridine rings is 2. The molecule has 0 spiro atoms. The first kappa shape index (κ1) is 22.4. The number of halogens is 1. The van der Waals surface area contributed by atoms with Crippen LogP contribution in [-0.4, -0.2) is 35.5 Å². The lowest BCUT2D eigenvalue weighted by Crippen LogP contribution is -2.23. The van der Waals surface area contributed by atoms with E-state index < -0.39 is 11.7 Å². The van der Waals surface area contributed by atoms with E-state index in [0.29, 0.717) is 23.5 Å². The molecule has 0 unspecified atom stereocenters. The quantitative estimate of drug-likeness (QED) is 0.373. The fourth-order valence-electron chi connectivity index (χ4n) is 4.15. The minimum Gasteiger partial charge on any atom is -0.348 e. The van der Waals surface area contributed by atoms with Crippen LogP contribution in [0.2, 0.25) is 0 Å². The molecule has 8 nitrogen and oxygen atoms in total. The summed E-state index contributed by atoms with van der Waals surface area (Å²) in [6.45, 7) is 0.280. The lowest BCUT2D eigenvalue weighted by molar-refractivity contribution is 0.0947. The Hall–Kier alpha value is -5.05. The molecule has 0 aliphatic heterocycles. The summed E-state index contributed by atoms with van der Waals surface area (Å²) in [5.41, 5.74) is 4.68. The molecule has 6 aromatic rings. The maximum Gasteiger partial charge on any atom is 0.254 e. The zero-order valence-electron chi connectivity index (χ0n) is 19.5. The number of hydrogen-bond acceptors (Lipinski definition) is 6. The van der Waals surface area contributed by atoms with Crippen LogP contribution >= 0.6 is 0 Å². The van der Waals surface area contributed by atoms with E-state index >= 15 is 0 Å². The Kier molecular flexibility index (Phi) is 5.78. The maximum atomic E-state index is 14.9. The zero-order chi connectivity index (χ0) is 25.2. The van der Waals surface area contributed by atoms with Crippen molar-refractivity contribution in [3.63, 3.8) is 0 Å². The Morgan fingerprint density at radius 2 is 1.76 bits per heavy atom. The third kappa shape index (κ3) is 4.62. The Balaban J connectivity index is 1.24. The number of carbonyl (C=O) groups excluding carboxylic acids is 1. The zero-order valence-corrected chi connectivity index (χ0v) is 19.5. The summed E-state index contributed by atoms with van der Waals surface area (Å²) in [7, 11) is 0. The van der Waals surface area contributed by atoms with Gasteiger partial charge in [-0.15, -0.1) is 0 Å². The normalized spacial score (nSPS) is 11.2. The number of nitrogens with zero attached hydrogens (tertiary/aromatic N) is 6. The minimum atomic E-state index is -0.637. The van der Waals surface area contributed by atoms with E-state index in [1.54, 1.807) is 53.7 Å². The maximum absolute atomic E-state index is 14.9. The fraction of sp³-hybridized carbons (Fsp3) is 0.0714. The average Bonchev–Trinajstić information content (AvgIpc) is 3.34. The highest BCUT2D eigenvalue weighted by atomic mass is 19.1. The molecule has 0 fully saturated rings. The Morgan fingerprint density at radius 3 is 2.62 bits per heavy atom. The highest BCUT2D eigenvalue weighted by molar-refractivity contribution is 5.94. The van der Waals surface area contributed by atoms with Crippen molar-refractivity contribution in [3.8, 4) is 11.3 Å². The molecule has 37 heavy (non-hydrogen) atoms. The molecule has 2 aromatic carbocycles. The highest BCUT2D eigenvalue weighted by Crippen LogP contribution is 2.21. The molecule has 0 atom stereocenters. The molecule has 0 aliphatic rings. The van der Waals surface area contributed by atoms with Crippen LogP contribution in [0.1, 0.15) is 27.2 Å². The van der Waals surface area contributed by atoms with Gasteiger partial charge in [0, 0.05) is 42.5 Å². The van der Waals surface area contributed by atoms with Crippen LogP contribution < -0.4 is 5.32 Å². The number of imidazole rings is 1. The van der Waals surface area contributed by atoms with Gasteiger partial charge in [0.25, 0.3) is 11.7 Å². The largest absolute Gasteiger partial charge is 0.348 e. The first-order chi connectivity index (χ1) is 18.1. The van der Waals surface area contributed by atoms with E-state index in [9.17, 15) is 9.18 Å². The number of aromatic nitrogens is 6. The van der Waals surface area contributed by atoms with Gasteiger partial charge in [-0.1, -0.05) is 18.2 Å². The number of fused-ring (bicyclic) bond motifs is 2. The van der Waals surface area contributed by atoms with Crippen molar-refractivity contribution in [1.82, 2.24) is 34.9 Å². The molecule has 0 bridgehead atoms. The smallest absolute Gasteiger partial charge is 0.254 e. The van der Waals surface area contributed by atoms with E-state index in [1.165, 1.54) is 12.1 Å². The van der Waals surface area contributed by atoms with Crippen LogP contribution in [0.4, 0.5) is 4.39 Å². The standard InChI is InChI=1S/C28H20FN7O/c29-24-14-21(4-5-23(24)27(37)32-15-18-7-10-30-11-8-18)26-17-34-28-33-16-22(36(28)35-26)13-19-3-6-25-20(12-19)2-1-9-31-25/h1-12,14,16-17H,13,15H2,(H,32,37). The molecule has 0 aliphatic carbocycles. The third-order valence-corrected chi connectivity index (χ3v) is 6.07. The summed E-state index contributed by atoms with van der Waals surface area (Å²) in [4.78, 5) is 29.6. The van der Waals surface area contributed by atoms with Gasteiger partial charge >= 0.3 is 0 Å². The van der Waals surface area contributed by atoms with Gasteiger partial charge in [-0.2, -0.15) is 5.10 Å². The number of rotatable bonds is 6.